The van der Waals surface area contributed by atoms with Gasteiger partial charge in [0, 0.05) is 19.8 Å². The normalized spacial score (nSPS) is 31.9. The molecule has 5 heteroatoms. The zero-order valence-electron chi connectivity index (χ0n) is 11.0. The second kappa shape index (κ2) is 5.55. The summed E-state index contributed by atoms with van der Waals surface area (Å²) < 4.78 is 10.6. The van der Waals surface area contributed by atoms with Crippen molar-refractivity contribution in [1.82, 2.24) is 5.32 Å². The fourth-order valence-corrected chi connectivity index (χ4v) is 3.15. The fraction of sp³-hybridized carbons (Fsp3) is 0.923. The van der Waals surface area contributed by atoms with Gasteiger partial charge in [0.2, 0.25) is 0 Å². The Morgan fingerprint density at radius 1 is 1.39 bits per heavy atom. The first-order chi connectivity index (χ1) is 8.65. The summed E-state index contributed by atoms with van der Waals surface area (Å²) in [6.07, 6.45) is 2.63. The van der Waals surface area contributed by atoms with Crippen LogP contribution in [-0.4, -0.2) is 49.6 Å². The molecule has 5 nitrogen and oxygen atoms in total. The van der Waals surface area contributed by atoms with E-state index in [-0.39, 0.29) is 5.97 Å². The van der Waals surface area contributed by atoms with E-state index in [1.165, 1.54) is 0 Å². The molecular weight excluding hydrogens is 234 g/mol. The van der Waals surface area contributed by atoms with Crippen molar-refractivity contribution in [1.29, 1.82) is 0 Å². The van der Waals surface area contributed by atoms with E-state index in [1.807, 2.05) is 0 Å². The van der Waals surface area contributed by atoms with Crippen LogP contribution in [0, 0.1) is 5.41 Å². The second-order valence-electron chi connectivity index (χ2n) is 5.23. The standard InChI is InChI=1S/C13H23NO4/c1-2-18-11(15)12(5-8-17-9-6-12)13(16)4-3-7-14-10-13/h14,16H,2-10H2,1H3. The summed E-state index contributed by atoms with van der Waals surface area (Å²) in [5.74, 6) is -0.264. The molecule has 0 radical (unpaired) electrons. The van der Waals surface area contributed by atoms with Crippen molar-refractivity contribution in [2.24, 2.45) is 5.41 Å². The molecule has 0 aromatic rings. The van der Waals surface area contributed by atoms with Gasteiger partial charge >= 0.3 is 5.97 Å². The van der Waals surface area contributed by atoms with Crippen molar-refractivity contribution in [2.45, 2.75) is 38.2 Å². The molecule has 104 valence electrons. The van der Waals surface area contributed by atoms with Gasteiger partial charge in [-0.3, -0.25) is 4.79 Å². The van der Waals surface area contributed by atoms with Crippen LogP contribution in [0.25, 0.3) is 0 Å². The molecule has 0 aromatic carbocycles. The molecule has 2 aliphatic rings. The van der Waals surface area contributed by atoms with E-state index in [4.69, 9.17) is 9.47 Å². The first-order valence-corrected chi connectivity index (χ1v) is 6.83. The lowest BCUT2D eigenvalue weighted by atomic mass is 9.64. The van der Waals surface area contributed by atoms with Crippen molar-refractivity contribution < 1.29 is 19.4 Å². The smallest absolute Gasteiger partial charge is 0.315 e. The van der Waals surface area contributed by atoms with Gasteiger partial charge in [-0.25, -0.2) is 0 Å². The van der Waals surface area contributed by atoms with Crippen LogP contribution in [0.1, 0.15) is 32.6 Å². The fourth-order valence-electron chi connectivity index (χ4n) is 3.15. The lowest BCUT2D eigenvalue weighted by molar-refractivity contribution is -0.192. The van der Waals surface area contributed by atoms with Gasteiger partial charge in [-0.15, -0.1) is 0 Å². The number of hydrogen-bond acceptors (Lipinski definition) is 5. The van der Waals surface area contributed by atoms with Crippen molar-refractivity contribution in [3.05, 3.63) is 0 Å². The van der Waals surface area contributed by atoms with Gasteiger partial charge in [-0.05, 0) is 39.2 Å². The molecule has 0 saturated carbocycles. The average molecular weight is 257 g/mol. The molecule has 0 spiro atoms. The van der Waals surface area contributed by atoms with E-state index in [0.717, 1.165) is 13.0 Å². The second-order valence-corrected chi connectivity index (χ2v) is 5.23. The molecule has 2 N–H and O–H groups in total. The molecule has 0 bridgehead atoms. The predicted molar refractivity (Wildman–Crippen MR) is 66.2 cm³/mol. The number of carbonyl (C=O) groups is 1. The Balaban J connectivity index is 2.25. The van der Waals surface area contributed by atoms with E-state index in [0.29, 0.717) is 45.6 Å². The molecule has 2 saturated heterocycles. The van der Waals surface area contributed by atoms with Gasteiger partial charge in [0.15, 0.2) is 0 Å². The molecule has 2 rings (SSSR count). The zero-order valence-corrected chi connectivity index (χ0v) is 11.0. The maximum absolute atomic E-state index is 12.4. The van der Waals surface area contributed by atoms with E-state index in [1.54, 1.807) is 6.92 Å². The molecule has 1 atom stereocenters. The van der Waals surface area contributed by atoms with Gasteiger partial charge in [-0.1, -0.05) is 0 Å². The zero-order chi connectivity index (χ0) is 13.1. The lowest BCUT2D eigenvalue weighted by Gasteiger charge is -2.49. The van der Waals surface area contributed by atoms with Gasteiger partial charge in [0.25, 0.3) is 0 Å². The third-order valence-corrected chi connectivity index (χ3v) is 4.26. The Morgan fingerprint density at radius 3 is 2.67 bits per heavy atom. The van der Waals surface area contributed by atoms with E-state index >= 15 is 0 Å². The highest BCUT2D eigenvalue weighted by Gasteiger charge is 2.57. The van der Waals surface area contributed by atoms with Crippen molar-refractivity contribution in [3.8, 4) is 0 Å². The first kappa shape index (κ1) is 13.8. The molecular formula is C13H23NO4. The van der Waals surface area contributed by atoms with Crippen LogP contribution in [0.5, 0.6) is 0 Å². The number of piperidine rings is 1. The Bertz CT molecular complexity index is 293. The number of esters is 1. The quantitative estimate of drug-likeness (QED) is 0.719. The number of ether oxygens (including phenoxy) is 2. The largest absolute Gasteiger partial charge is 0.465 e. The number of nitrogens with one attached hydrogen (secondary N) is 1. The predicted octanol–water partition coefficient (Wildman–Crippen LogP) is 0.461. The Hall–Kier alpha value is -0.650. The Morgan fingerprint density at radius 2 is 2.11 bits per heavy atom. The number of rotatable bonds is 3. The van der Waals surface area contributed by atoms with Gasteiger partial charge in [-0.2, -0.15) is 0 Å². The van der Waals surface area contributed by atoms with Crippen molar-refractivity contribution in [2.75, 3.05) is 32.9 Å². The monoisotopic (exact) mass is 257 g/mol. The summed E-state index contributed by atoms with van der Waals surface area (Å²) in [5.41, 5.74) is -1.80. The number of carbonyl (C=O) groups excluding carboxylic acids is 1. The molecule has 1 unspecified atom stereocenters. The molecule has 2 fully saturated rings. The van der Waals surface area contributed by atoms with Crippen LogP contribution in [0.15, 0.2) is 0 Å². The molecule has 2 aliphatic heterocycles. The minimum absolute atomic E-state index is 0.264. The topological polar surface area (TPSA) is 67.8 Å². The summed E-state index contributed by atoms with van der Waals surface area (Å²) >= 11 is 0. The third kappa shape index (κ3) is 2.27. The summed E-state index contributed by atoms with van der Waals surface area (Å²) in [6.45, 7) is 4.55. The molecule has 0 aromatic heterocycles. The maximum atomic E-state index is 12.4. The van der Waals surface area contributed by atoms with Crippen LogP contribution in [-0.2, 0) is 14.3 Å². The Kier molecular flexibility index (Phi) is 4.25. The summed E-state index contributed by atoms with van der Waals surface area (Å²) in [6, 6.07) is 0. The summed E-state index contributed by atoms with van der Waals surface area (Å²) in [7, 11) is 0. The third-order valence-electron chi connectivity index (χ3n) is 4.26. The SMILES string of the molecule is CCOC(=O)C1(C2(O)CCCNC2)CCOCC1. The number of hydrogen-bond donors (Lipinski definition) is 2. The lowest BCUT2D eigenvalue weighted by Crippen LogP contribution is -2.62. The minimum atomic E-state index is -0.999. The van der Waals surface area contributed by atoms with Gasteiger partial charge in [0.1, 0.15) is 5.41 Å². The van der Waals surface area contributed by atoms with Crippen LogP contribution in [0.4, 0.5) is 0 Å². The molecule has 18 heavy (non-hydrogen) atoms. The van der Waals surface area contributed by atoms with Crippen LogP contribution in [0.2, 0.25) is 0 Å². The first-order valence-electron chi connectivity index (χ1n) is 6.83. The van der Waals surface area contributed by atoms with E-state index in [9.17, 15) is 9.90 Å². The van der Waals surface area contributed by atoms with E-state index in [2.05, 4.69) is 5.32 Å². The highest BCUT2D eigenvalue weighted by Crippen LogP contribution is 2.45. The Labute approximate surface area is 108 Å². The van der Waals surface area contributed by atoms with Gasteiger partial charge in [0.05, 0.1) is 12.2 Å². The summed E-state index contributed by atoms with van der Waals surface area (Å²) in [4.78, 5) is 12.4. The number of aliphatic hydroxyl groups is 1. The minimum Gasteiger partial charge on any atom is -0.465 e. The number of β-amino-alcohol motifs (C(OH)–C–C–N with tert-alkyl or cyclic N) is 1. The highest BCUT2D eigenvalue weighted by atomic mass is 16.5. The highest BCUT2D eigenvalue weighted by molar-refractivity contribution is 5.78. The van der Waals surface area contributed by atoms with Crippen LogP contribution >= 0.6 is 0 Å². The molecule has 2 heterocycles. The van der Waals surface area contributed by atoms with Crippen LogP contribution in [0.3, 0.4) is 0 Å². The maximum Gasteiger partial charge on any atom is 0.315 e. The molecule has 0 aliphatic carbocycles. The van der Waals surface area contributed by atoms with E-state index < -0.39 is 11.0 Å². The summed E-state index contributed by atoms with van der Waals surface area (Å²) in [5, 5.41) is 14.1. The average Bonchev–Trinajstić information content (AvgIpc) is 2.40. The van der Waals surface area contributed by atoms with Crippen molar-refractivity contribution >= 4 is 5.97 Å². The van der Waals surface area contributed by atoms with Crippen molar-refractivity contribution in [3.63, 3.8) is 0 Å². The van der Waals surface area contributed by atoms with Gasteiger partial charge < -0.3 is 19.9 Å². The van der Waals surface area contributed by atoms with Crippen LogP contribution < -0.4 is 5.32 Å². The molecule has 0 amide bonds.